The molecule has 0 unspecified atom stereocenters. The van der Waals surface area contributed by atoms with Gasteiger partial charge in [0, 0.05) is 28.8 Å². The van der Waals surface area contributed by atoms with Crippen LogP contribution in [0.25, 0.3) is 0 Å². The van der Waals surface area contributed by atoms with Gasteiger partial charge in [0.25, 0.3) is 0 Å². The maximum Gasteiger partial charge on any atom is 0.244 e. The summed E-state index contributed by atoms with van der Waals surface area (Å²) in [4.78, 5) is 17.6. The van der Waals surface area contributed by atoms with Crippen molar-refractivity contribution in [3.63, 3.8) is 0 Å². The fraction of sp³-hybridized carbons (Fsp3) is 0.529. The third-order valence-electron chi connectivity index (χ3n) is 4.19. The molecule has 0 saturated carbocycles. The second kappa shape index (κ2) is 8.00. The highest BCUT2D eigenvalue weighted by Gasteiger charge is 2.49. The van der Waals surface area contributed by atoms with Crippen molar-refractivity contribution >= 4 is 54.3 Å². The summed E-state index contributed by atoms with van der Waals surface area (Å²) < 4.78 is 36.3. The van der Waals surface area contributed by atoms with Gasteiger partial charge in [-0.25, -0.2) is 8.42 Å². The molecule has 0 spiro atoms. The number of thioether (sulfide) groups is 1. The molecule has 27 heavy (non-hydrogen) atoms. The van der Waals surface area contributed by atoms with Crippen molar-refractivity contribution in [2.75, 3.05) is 29.6 Å². The largest absolute Gasteiger partial charge is 0.490 e. The number of aliphatic imine (C=N–C) groups is 1. The van der Waals surface area contributed by atoms with E-state index in [0.29, 0.717) is 35.6 Å². The second-order valence-corrected chi connectivity index (χ2v) is 10.4. The Morgan fingerprint density at radius 3 is 2.48 bits per heavy atom. The van der Waals surface area contributed by atoms with Gasteiger partial charge in [-0.15, -0.1) is 0 Å². The summed E-state index contributed by atoms with van der Waals surface area (Å²) in [5.41, 5.74) is 0.707. The van der Waals surface area contributed by atoms with Crippen LogP contribution >= 0.6 is 27.7 Å². The normalized spacial score (nSPS) is 24.9. The number of hydrogen-bond donors (Lipinski definition) is 0. The highest BCUT2D eigenvalue weighted by molar-refractivity contribution is 9.10. The summed E-state index contributed by atoms with van der Waals surface area (Å²) in [6, 6.07) is 3.33. The molecule has 0 aromatic heterocycles. The minimum atomic E-state index is -3.12. The Labute approximate surface area is 171 Å². The lowest BCUT2D eigenvalue weighted by atomic mass is 10.2. The third kappa shape index (κ3) is 4.27. The van der Waals surface area contributed by atoms with E-state index >= 15 is 0 Å². The first-order chi connectivity index (χ1) is 12.8. The summed E-state index contributed by atoms with van der Waals surface area (Å²) >= 11 is 4.90. The number of rotatable bonds is 5. The summed E-state index contributed by atoms with van der Waals surface area (Å²) in [7, 11) is -3.12. The standard InChI is InChI=1S/C17H21BrN2O5S2/c1-4-24-14-6-11(18)12(7-15(14)25-5-2)20-13-8-27(22,23)9-16(13)26-17(20)19-10(3)21/h6-7,13,16H,4-5,8-9H2,1-3H3/t13-,16+/m1/s1. The predicted molar refractivity (Wildman–Crippen MR) is 111 cm³/mol. The molecule has 2 atom stereocenters. The fourth-order valence-corrected chi connectivity index (χ4v) is 7.69. The lowest BCUT2D eigenvalue weighted by Gasteiger charge is -2.26. The van der Waals surface area contributed by atoms with E-state index in [1.165, 1.54) is 18.7 Å². The van der Waals surface area contributed by atoms with E-state index in [4.69, 9.17) is 9.47 Å². The van der Waals surface area contributed by atoms with Gasteiger partial charge in [-0.2, -0.15) is 4.99 Å². The molecule has 148 valence electrons. The number of halogens is 1. The SMILES string of the molecule is CCOc1cc(Br)c(N2C(=NC(C)=O)S[C@H]3CS(=O)(=O)C[C@H]32)cc1OCC. The topological polar surface area (TPSA) is 85.3 Å². The van der Waals surface area contributed by atoms with Gasteiger partial charge in [0.2, 0.25) is 5.91 Å². The molecule has 0 radical (unpaired) electrons. The molecular formula is C17H21BrN2O5S2. The first-order valence-corrected chi connectivity index (χ1v) is 12.1. The second-order valence-electron chi connectivity index (χ2n) is 6.20. The maximum absolute atomic E-state index is 12.1. The Balaban J connectivity index is 2.10. The van der Waals surface area contributed by atoms with Crippen molar-refractivity contribution in [2.45, 2.75) is 32.1 Å². The minimum Gasteiger partial charge on any atom is -0.490 e. The van der Waals surface area contributed by atoms with Crippen molar-refractivity contribution in [3.05, 3.63) is 16.6 Å². The Morgan fingerprint density at radius 1 is 1.26 bits per heavy atom. The summed E-state index contributed by atoms with van der Waals surface area (Å²) in [6.45, 7) is 6.11. The molecule has 1 aromatic carbocycles. The Bertz CT molecular complexity index is 888. The summed E-state index contributed by atoms with van der Waals surface area (Å²) in [6.07, 6.45) is 0. The zero-order valence-electron chi connectivity index (χ0n) is 15.3. The molecule has 2 aliphatic heterocycles. The fourth-order valence-electron chi connectivity index (χ4n) is 3.23. The number of anilines is 1. The molecule has 2 saturated heterocycles. The van der Waals surface area contributed by atoms with E-state index in [1.54, 1.807) is 6.07 Å². The summed E-state index contributed by atoms with van der Waals surface area (Å²) in [5, 5.41) is 0.363. The van der Waals surface area contributed by atoms with E-state index in [9.17, 15) is 13.2 Å². The summed E-state index contributed by atoms with van der Waals surface area (Å²) in [5.74, 6) is 0.961. The zero-order chi connectivity index (χ0) is 19.8. The van der Waals surface area contributed by atoms with Gasteiger partial charge in [0.15, 0.2) is 26.5 Å². The molecule has 7 nitrogen and oxygen atoms in total. The van der Waals surface area contributed by atoms with Crippen LogP contribution < -0.4 is 14.4 Å². The molecule has 1 amide bonds. The Hall–Kier alpha value is -1.26. The van der Waals surface area contributed by atoms with Gasteiger partial charge < -0.3 is 14.4 Å². The van der Waals surface area contributed by atoms with Crippen molar-refractivity contribution in [1.82, 2.24) is 0 Å². The molecule has 0 bridgehead atoms. The van der Waals surface area contributed by atoms with Crippen molar-refractivity contribution in [3.8, 4) is 11.5 Å². The molecule has 2 fully saturated rings. The lowest BCUT2D eigenvalue weighted by Crippen LogP contribution is -2.38. The smallest absolute Gasteiger partial charge is 0.244 e. The van der Waals surface area contributed by atoms with E-state index in [-0.39, 0.29) is 28.7 Å². The van der Waals surface area contributed by atoms with Crippen LogP contribution in [0.2, 0.25) is 0 Å². The number of sulfone groups is 1. The van der Waals surface area contributed by atoms with E-state index in [1.807, 2.05) is 24.8 Å². The molecule has 0 N–H and O–H groups in total. The van der Waals surface area contributed by atoms with Crippen molar-refractivity contribution in [2.24, 2.45) is 4.99 Å². The number of nitrogens with zero attached hydrogens (tertiary/aromatic N) is 2. The van der Waals surface area contributed by atoms with Gasteiger partial charge in [-0.3, -0.25) is 4.79 Å². The molecular weight excluding hydrogens is 456 g/mol. The average Bonchev–Trinajstić information content (AvgIpc) is 3.01. The molecule has 1 aromatic rings. The Morgan fingerprint density at radius 2 is 1.89 bits per heavy atom. The van der Waals surface area contributed by atoms with Gasteiger partial charge in [0.1, 0.15) is 0 Å². The molecule has 2 aliphatic rings. The number of amidine groups is 1. The molecule has 2 heterocycles. The van der Waals surface area contributed by atoms with E-state index in [2.05, 4.69) is 20.9 Å². The van der Waals surface area contributed by atoms with Gasteiger partial charge in [-0.05, 0) is 29.8 Å². The number of ether oxygens (including phenoxy) is 2. The molecule has 0 aliphatic carbocycles. The van der Waals surface area contributed by atoms with E-state index < -0.39 is 9.84 Å². The van der Waals surface area contributed by atoms with Crippen LogP contribution in [-0.4, -0.2) is 55.5 Å². The molecule has 3 rings (SSSR count). The monoisotopic (exact) mass is 476 g/mol. The van der Waals surface area contributed by atoms with Crippen molar-refractivity contribution in [1.29, 1.82) is 0 Å². The average molecular weight is 477 g/mol. The van der Waals surface area contributed by atoms with Gasteiger partial charge in [0.05, 0.1) is 36.4 Å². The van der Waals surface area contributed by atoms with Crippen LogP contribution in [0.1, 0.15) is 20.8 Å². The zero-order valence-corrected chi connectivity index (χ0v) is 18.5. The predicted octanol–water partition coefficient (Wildman–Crippen LogP) is 2.87. The minimum absolute atomic E-state index is 0.0329. The van der Waals surface area contributed by atoms with Gasteiger partial charge >= 0.3 is 0 Å². The lowest BCUT2D eigenvalue weighted by molar-refractivity contribution is -0.115. The van der Waals surface area contributed by atoms with Crippen LogP contribution in [0.3, 0.4) is 0 Å². The quantitative estimate of drug-likeness (QED) is 0.645. The number of fused-ring (bicyclic) bond motifs is 1. The number of carbonyl (C=O) groups excluding carboxylic acids is 1. The Kier molecular flexibility index (Phi) is 6.07. The number of amides is 1. The van der Waals surface area contributed by atoms with E-state index in [0.717, 1.165) is 4.47 Å². The van der Waals surface area contributed by atoms with Crippen molar-refractivity contribution < 1.29 is 22.7 Å². The highest BCUT2D eigenvalue weighted by atomic mass is 79.9. The van der Waals surface area contributed by atoms with Crippen LogP contribution in [0.4, 0.5) is 5.69 Å². The first-order valence-electron chi connectivity index (χ1n) is 8.60. The number of carbonyl (C=O) groups is 1. The number of hydrogen-bond acceptors (Lipinski definition) is 6. The van der Waals surface area contributed by atoms with Crippen LogP contribution in [0, 0.1) is 0 Å². The van der Waals surface area contributed by atoms with Crippen LogP contribution in [-0.2, 0) is 14.6 Å². The third-order valence-corrected chi connectivity index (χ3v) is 8.04. The first kappa shape index (κ1) is 20.5. The highest BCUT2D eigenvalue weighted by Crippen LogP contribution is 2.46. The molecule has 10 heteroatoms. The maximum atomic E-state index is 12.1. The van der Waals surface area contributed by atoms with Crippen LogP contribution in [0.15, 0.2) is 21.6 Å². The van der Waals surface area contributed by atoms with Gasteiger partial charge in [-0.1, -0.05) is 11.8 Å². The number of benzene rings is 1. The van der Waals surface area contributed by atoms with Crippen LogP contribution in [0.5, 0.6) is 11.5 Å².